The Morgan fingerprint density at radius 1 is 1.59 bits per heavy atom. The quantitative estimate of drug-likeness (QED) is 0.833. The summed E-state index contributed by atoms with van der Waals surface area (Å²) in [5, 5.41) is 7.73. The van der Waals surface area contributed by atoms with E-state index in [2.05, 4.69) is 17.3 Å². The van der Waals surface area contributed by atoms with E-state index in [0.29, 0.717) is 12.5 Å². The molecule has 1 atom stereocenters. The fraction of sp³-hybridized carbons (Fsp3) is 0.667. The Morgan fingerprint density at radius 2 is 2.41 bits per heavy atom. The molecule has 0 aromatic carbocycles. The minimum absolute atomic E-state index is 0.252. The fourth-order valence-electron chi connectivity index (χ4n) is 2.22. The number of carbonyl (C=O) groups is 1. The number of aryl methyl sites for hydroxylation is 1. The maximum absolute atomic E-state index is 11.4. The summed E-state index contributed by atoms with van der Waals surface area (Å²) in [6, 6.07) is 2.44. The molecular formula is C12H20N4O. The van der Waals surface area contributed by atoms with Crippen molar-refractivity contribution in [3.63, 3.8) is 0 Å². The van der Waals surface area contributed by atoms with Crippen molar-refractivity contribution in [3.05, 3.63) is 18.0 Å². The zero-order chi connectivity index (χ0) is 12.3. The third-order valence-electron chi connectivity index (χ3n) is 3.30. The SMILES string of the molecule is CCn1nccc1CNC1CCC(=O)N(C)C1. The number of rotatable bonds is 4. The molecule has 0 spiro atoms. The molecule has 1 amide bonds. The zero-order valence-corrected chi connectivity index (χ0v) is 10.5. The summed E-state index contributed by atoms with van der Waals surface area (Å²) < 4.78 is 1.99. The molecule has 1 fully saturated rings. The number of hydrogen-bond donors (Lipinski definition) is 1. The Bertz CT molecular complexity index is 388. The molecular weight excluding hydrogens is 216 g/mol. The Kier molecular flexibility index (Phi) is 3.78. The van der Waals surface area contributed by atoms with Gasteiger partial charge in [-0.1, -0.05) is 0 Å². The lowest BCUT2D eigenvalue weighted by atomic mass is 10.1. The molecule has 0 radical (unpaired) electrons. The van der Waals surface area contributed by atoms with E-state index in [4.69, 9.17) is 0 Å². The van der Waals surface area contributed by atoms with Gasteiger partial charge < -0.3 is 10.2 Å². The van der Waals surface area contributed by atoms with E-state index in [1.807, 2.05) is 24.0 Å². The van der Waals surface area contributed by atoms with Crippen molar-refractivity contribution < 1.29 is 4.79 Å². The smallest absolute Gasteiger partial charge is 0.222 e. The van der Waals surface area contributed by atoms with Gasteiger partial charge in [-0.3, -0.25) is 9.48 Å². The van der Waals surface area contributed by atoms with Crippen LogP contribution in [0.5, 0.6) is 0 Å². The standard InChI is InChI=1S/C12H20N4O/c1-3-16-11(6-7-14-16)8-13-10-4-5-12(17)15(2)9-10/h6-7,10,13H,3-5,8-9H2,1-2H3. The van der Waals surface area contributed by atoms with Gasteiger partial charge in [-0.05, 0) is 19.4 Å². The molecule has 94 valence electrons. The molecule has 0 saturated carbocycles. The monoisotopic (exact) mass is 236 g/mol. The first-order valence-electron chi connectivity index (χ1n) is 6.18. The van der Waals surface area contributed by atoms with Gasteiger partial charge in [0.2, 0.25) is 5.91 Å². The third-order valence-corrected chi connectivity index (χ3v) is 3.30. The Balaban J connectivity index is 1.84. The van der Waals surface area contributed by atoms with Crippen LogP contribution in [0.3, 0.4) is 0 Å². The van der Waals surface area contributed by atoms with Crippen LogP contribution in [-0.4, -0.2) is 40.2 Å². The molecule has 1 aliphatic heterocycles. The summed E-state index contributed by atoms with van der Waals surface area (Å²) in [6.45, 7) is 4.61. The summed E-state index contributed by atoms with van der Waals surface area (Å²) >= 11 is 0. The van der Waals surface area contributed by atoms with Crippen LogP contribution in [0.1, 0.15) is 25.5 Å². The van der Waals surface area contributed by atoms with Crippen molar-refractivity contribution in [2.45, 2.75) is 38.9 Å². The molecule has 1 aromatic heterocycles. The third kappa shape index (κ3) is 2.85. The van der Waals surface area contributed by atoms with E-state index >= 15 is 0 Å². The van der Waals surface area contributed by atoms with Gasteiger partial charge in [-0.15, -0.1) is 0 Å². The average Bonchev–Trinajstić information content (AvgIpc) is 2.78. The lowest BCUT2D eigenvalue weighted by Gasteiger charge is -2.30. The van der Waals surface area contributed by atoms with Gasteiger partial charge in [0.05, 0.1) is 5.69 Å². The predicted molar refractivity (Wildman–Crippen MR) is 65.4 cm³/mol. The van der Waals surface area contributed by atoms with Gasteiger partial charge in [0, 0.05) is 45.3 Å². The first-order chi connectivity index (χ1) is 8.20. The zero-order valence-electron chi connectivity index (χ0n) is 10.5. The number of likely N-dealkylation sites (tertiary alicyclic amines) is 1. The average molecular weight is 236 g/mol. The molecule has 2 rings (SSSR count). The topological polar surface area (TPSA) is 50.2 Å². The van der Waals surface area contributed by atoms with Gasteiger partial charge in [-0.25, -0.2) is 0 Å². The summed E-state index contributed by atoms with van der Waals surface area (Å²) in [4.78, 5) is 13.2. The van der Waals surface area contributed by atoms with Crippen LogP contribution in [0.25, 0.3) is 0 Å². The minimum atomic E-state index is 0.252. The first-order valence-corrected chi connectivity index (χ1v) is 6.18. The molecule has 1 aromatic rings. The van der Waals surface area contributed by atoms with E-state index in [9.17, 15) is 4.79 Å². The molecule has 1 unspecified atom stereocenters. The van der Waals surface area contributed by atoms with Crippen molar-refractivity contribution in [1.29, 1.82) is 0 Å². The van der Waals surface area contributed by atoms with Gasteiger partial charge >= 0.3 is 0 Å². The molecule has 17 heavy (non-hydrogen) atoms. The number of carbonyl (C=O) groups excluding carboxylic acids is 1. The van der Waals surface area contributed by atoms with Crippen LogP contribution in [0.4, 0.5) is 0 Å². The highest BCUT2D eigenvalue weighted by molar-refractivity contribution is 5.76. The van der Waals surface area contributed by atoms with Crippen molar-refractivity contribution in [2.75, 3.05) is 13.6 Å². The highest BCUT2D eigenvalue weighted by Crippen LogP contribution is 2.10. The molecule has 1 N–H and O–H groups in total. The van der Waals surface area contributed by atoms with Crippen LogP contribution in [0, 0.1) is 0 Å². The van der Waals surface area contributed by atoms with Gasteiger partial charge in [0.1, 0.15) is 0 Å². The molecule has 5 heteroatoms. The fourth-order valence-corrected chi connectivity index (χ4v) is 2.22. The van der Waals surface area contributed by atoms with Gasteiger partial charge in [0.15, 0.2) is 0 Å². The van der Waals surface area contributed by atoms with Crippen molar-refractivity contribution in [2.24, 2.45) is 0 Å². The van der Waals surface area contributed by atoms with Crippen molar-refractivity contribution in [1.82, 2.24) is 20.0 Å². The van der Waals surface area contributed by atoms with Crippen LogP contribution in [0.15, 0.2) is 12.3 Å². The molecule has 2 heterocycles. The maximum atomic E-state index is 11.4. The first kappa shape index (κ1) is 12.1. The Morgan fingerprint density at radius 3 is 3.12 bits per heavy atom. The van der Waals surface area contributed by atoms with Crippen molar-refractivity contribution >= 4 is 5.91 Å². The van der Waals surface area contributed by atoms with E-state index in [1.54, 1.807) is 4.90 Å². The number of nitrogens with one attached hydrogen (secondary N) is 1. The lowest BCUT2D eigenvalue weighted by molar-refractivity contribution is -0.132. The van der Waals surface area contributed by atoms with Gasteiger partial charge in [-0.2, -0.15) is 5.10 Å². The predicted octanol–water partition coefficient (Wildman–Crippen LogP) is 0.613. The van der Waals surface area contributed by atoms with E-state index < -0.39 is 0 Å². The second-order valence-electron chi connectivity index (χ2n) is 4.53. The van der Waals surface area contributed by atoms with Crippen LogP contribution in [0.2, 0.25) is 0 Å². The summed E-state index contributed by atoms with van der Waals surface area (Å²) in [6.07, 6.45) is 3.42. The number of piperidine rings is 1. The number of likely N-dealkylation sites (N-methyl/N-ethyl adjacent to an activating group) is 1. The number of nitrogens with zero attached hydrogens (tertiary/aromatic N) is 3. The Labute approximate surface area is 102 Å². The highest BCUT2D eigenvalue weighted by Gasteiger charge is 2.22. The summed E-state index contributed by atoms with van der Waals surface area (Å²) in [5.74, 6) is 0.252. The van der Waals surface area contributed by atoms with E-state index in [1.165, 1.54) is 5.69 Å². The summed E-state index contributed by atoms with van der Waals surface area (Å²) in [7, 11) is 1.87. The number of hydrogen-bond acceptors (Lipinski definition) is 3. The largest absolute Gasteiger partial charge is 0.344 e. The molecule has 0 bridgehead atoms. The molecule has 1 saturated heterocycles. The second-order valence-corrected chi connectivity index (χ2v) is 4.53. The normalized spacial score (nSPS) is 20.9. The highest BCUT2D eigenvalue weighted by atomic mass is 16.2. The molecule has 1 aliphatic rings. The summed E-state index contributed by atoms with van der Waals surface area (Å²) in [5.41, 5.74) is 1.20. The van der Waals surface area contributed by atoms with E-state index in [0.717, 1.165) is 26.1 Å². The molecule has 0 aliphatic carbocycles. The lowest BCUT2D eigenvalue weighted by Crippen LogP contribution is -2.46. The van der Waals surface area contributed by atoms with Gasteiger partial charge in [0.25, 0.3) is 0 Å². The Hall–Kier alpha value is -1.36. The molecule has 5 nitrogen and oxygen atoms in total. The van der Waals surface area contributed by atoms with Crippen molar-refractivity contribution in [3.8, 4) is 0 Å². The number of amides is 1. The number of aromatic nitrogens is 2. The van der Waals surface area contributed by atoms with E-state index in [-0.39, 0.29) is 5.91 Å². The maximum Gasteiger partial charge on any atom is 0.222 e. The second kappa shape index (κ2) is 5.31. The van der Waals surface area contributed by atoms with Crippen LogP contribution >= 0.6 is 0 Å². The van der Waals surface area contributed by atoms with Crippen LogP contribution in [-0.2, 0) is 17.9 Å². The minimum Gasteiger partial charge on any atom is -0.344 e. The van der Waals surface area contributed by atoms with Crippen LogP contribution < -0.4 is 5.32 Å².